The molecule has 0 radical (unpaired) electrons. The van der Waals surface area contributed by atoms with E-state index in [2.05, 4.69) is 35.0 Å². The van der Waals surface area contributed by atoms with Crippen LogP contribution in [0.1, 0.15) is 12.8 Å². The van der Waals surface area contributed by atoms with E-state index < -0.39 is 0 Å². The molecule has 1 aliphatic heterocycles. The standard InChI is InChI=1S/C29H25FN8O/c30-22-6-2-1-5-20(22)21-9-10-32-28-25(21)34-29(35-28)27-26-24(36-37-27)8-7-23(33-26)18-15-19(17-31-16-18)39-14-13-38-11-3-4-12-38/h1-2,5-10,15-17H,3-4,11-14H2,(H,36,37)(H,32,34,35). The van der Waals surface area contributed by atoms with Gasteiger partial charge in [-0.1, -0.05) is 18.2 Å². The van der Waals surface area contributed by atoms with E-state index in [9.17, 15) is 4.39 Å². The van der Waals surface area contributed by atoms with Crippen molar-refractivity contribution in [3.8, 4) is 39.7 Å². The van der Waals surface area contributed by atoms with E-state index in [1.807, 2.05) is 18.2 Å². The Morgan fingerprint density at radius 1 is 0.974 bits per heavy atom. The van der Waals surface area contributed by atoms with Gasteiger partial charge in [0, 0.05) is 35.6 Å². The highest BCUT2D eigenvalue weighted by Crippen LogP contribution is 2.32. The summed E-state index contributed by atoms with van der Waals surface area (Å²) in [6.07, 6.45) is 7.65. The largest absolute Gasteiger partial charge is 0.491 e. The van der Waals surface area contributed by atoms with Gasteiger partial charge in [0.25, 0.3) is 0 Å². The number of hydrogen-bond acceptors (Lipinski definition) is 7. The molecule has 6 heterocycles. The van der Waals surface area contributed by atoms with Gasteiger partial charge in [-0.25, -0.2) is 19.3 Å². The predicted octanol–water partition coefficient (Wildman–Crippen LogP) is 5.24. The fourth-order valence-corrected chi connectivity index (χ4v) is 5.09. The summed E-state index contributed by atoms with van der Waals surface area (Å²) in [5.74, 6) is 0.896. The zero-order chi connectivity index (χ0) is 26.2. The molecule has 9 nitrogen and oxygen atoms in total. The number of H-pyrrole nitrogens is 2. The van der Waals surface area contributed by atoms with Crippen molar-refractivity contribution in [2.45, 2.75) is 12.8 Å². The van der Waals surface area contributed by atoms with Crippen LogP contribution < -0.4 is 4.74 Å². The molecule has 1 fully saturated rings. The van der Waals surface area contributed by atoms with Crippen LogP contribution in [0.5, 0.6) is 5.75 Å². The zero-order valence-electron chi connectivity index (χ0n) is 21.1. The third-order valence-corrected chi connectivity index (χ3v) is 7.07. The maximum absolute atomic E-state index is 14.6. The molecule has 5 aromatic heterocycles. The number of pyridine rings is 3. The second-order valence-corrected chi connectivity index (χ2v) is 9.59. The molecule has 1 aromatic carbocycles. The van der Waals surface area contributed by atoms with Crippen LogP contribution in [-0.2, 0) is 0 Å². The zero-order valence-corrected chi connectivity index (χ0v) is 21.1. The van der Waals surface area contributed by atoms with E-state index in [-0.39, 0.29) is 5.82 Å². The number of nitrogens with zero attached hydrogens (tertiary/aromatic N) is 6. The number of aromatic nitrogens is 7. The number of halogens is 1. The highest BCUT2D eigenvalue weighted by atomic mass is 19.1. The summed E-state index contributed by atoms with van der Waals surface area (Å²) in [6, 6.07) is 14.2. The van der Waals surface area contributed by atoms with Gasteiger partial charge in [0.1, 0.15) is 23.7 Å². The van der Waals surface area contributed by atoms with Gasteiger partial charge in [0.15, 0.2) is 17.2 Å². The number of ether oxygens (including phenoxy) is 1. The Morgan fingerprint density at radius 3 is 2.77 bits per heavy atom. The maximum Gasteiger partial charge on any atom is 0.178 e. The minimum atomic E-state index is -0.312. The van der Waals surface area contributed by atoms with Gasteiger partial charge in [-0.3, -0.25) is 15.0 Å². The number of likely N-dealkylation sites (tertiary alicyclic amines) is 1. The Balaban J connectivity index is 1.21. The Kier molecular flexibility index (Phi) is 5.93. The van der Waals surface area contributed by atoms with Crippen molar-refractivity contribution in [1.82, 2.24) is 40.0 Å². The number of imidazole rings is 1. The number of benzene rings is 1. The molecule has 0 amide bonds. The van der Waals surface area contributed by atoms with Gasteiger partial charge in [-0.05, 0) is 56.3 Å². The summed E-state index contributed by atoms with van der Waals surface area (Å²) in [5.41, 5.74) is 5.81. The summed E-state index contributed by atoms with van der Waals surface area (Å²) in [6.45, 7) is 3.82. The summed E-state index contributed by atoms with van der Waals surface area (Å²) in [7, 11) is 0. The molecule has 0 aliphatic carbocycles. The quantitative estimate of drug-likeness (QED) is 0.296. The molecule has 0 atom stereocenters. The number of aromatic amines is 2. The summed E-state index contributed by atoms with van der Waals surface area (Å²) < 4.78 is 20.6. The summed E-state index contributed by atoms with van der Waals surface area (Å²) in [4.78, 5) is 24.0. The van der Waals surface area contributed by atoms with E-state index in [1.54, 1.807) is 42.9 Å². The number of nitrogens with one attached hydrogen (secondary N) is 2. The molecule has 10 heteroatoms. The first kappa shape index (κ1) is 23.4. The molecular formula is C29H25FN8O. The van der Waals surface area contributed by atoms with Crippen LogP contribution >= 0.6 is 0 Å². The van der Waals surface area contributed by atoms with Gasteiger partial charge < -0.3 is 9.72 Å². The van der Waals surface area contributed by atoms with Crippen LogP contribution in [0, 0.1) is 5.82 Å². The normalized spacial score (nSPS) is 14.0. The second kappa shape index (κ2) is 9.88. The van der Waals surface area contributed by atoms with Gasteiger partial charge >= 0.3 is 0 Å². The van der Waals surface area contributed by atoms with Crippen molar-refractivity contribution in [3.63, 3.8) is 0 Å². The van der Waals surface area contributed by atoms with Gasteiger partial charge in [0.2, 0.25) is 0 Å². The third kappa shape index (κ3) is 4.48. The molecule has 2 N–H and O–H groups in total. The average Bonchev–Trinajstić information content (AvgIpc) is 3.73. The van der Waals surface area contributed by atoms with E-state index in [0.29, 0.717) is 51.7 Å². The first-order chi connectivity index (χ1) is 19.2. The van der Waals surface area contributed by atoms with Crippen LogP contribution in [0.15, 0.2) is 67.1 Å². The van der Waals surface area contributed by atoms with Crippen LogP contribution in [0.25, 0.3) is 56.1 Å². The molecule has 194 valence electrons. The van der Waals surface area contributed by atoms with Crippen LogP contribution in [0.2, 0.25) is 0 Å². The lowest BCUT2D eigenvalue weighted by molar-refractivity contribution is 0.237. The minimum Gasteiger partial charge on any atom is -0.491 e. The summed E-state index contributed by atoms with van der Waals surface area (Å²) >= 11 is 0. The molecular weight excluding hydrogens is 495 g/mol. The van der Waals surface area contributed by atoms with Crippen molar-refractivity contribution in [2.24, 2.45) is 0 Å². The summed E-state index contributed by atoms with van der Waals surface area (Å²) in [5, 5.41) is 7.52. The van der Waals surface area contributed by atoms with Crippen LogP contribution in [-0.4, -0.2) is 66.3 Å². The molecule has 39 heavy (non-hydrogen) atoms. The van der Waals surface area contributed by atoms with E-state index in [4.69, 9.17) is 9.72 Å². The minimum absolute atomic E-state index is 0.312. The number of rotatable bonds is 7. The third-order valence-electron chi connectivity index (χ3n) is 7.07. The molecule has 0 saturated carbocycles. The number of hydrogen-bond donors (Lipinski definition) is 2. The topological polar surface area (TPSA) is 108 Å². The Labute approximate surface area is 223 Å². The van der Waals surface area contributed by atoms with Crippen LogP contribution in [0.3, 0.4) is 0 Å². The molecule has 6 aromatic rings. The number of fused-ring (bicyclic) bond motifs is 2. The molecule has 0 bridgehead atoms. The Morgan fingerprint density at radius 2 is 1.87 bits per heavy atom. The van der Waals surface area contributed by atoms with Crippen molar-refractivity contribution < 1.29 is 9.13 Å². The second-order valence-electron chi connectivity index (χ2n) is 9.59. The molecule has 0 spiro atoms. The molecule has 7 rings (SSSR count). The van der Waals surface area contributed by atoms with E-state index in [1.165, 1.54) is 18.9 Å². The molecule has 0 unspecified atom stereocenters. The molecule has 1 saturated heterocycles. The Hall–Kier alpha value is -4.70. The Bertz CT molecular complexity index is 1790. The SMILES string of the molecule is Fc1ccccc1-c1ccnc2nc(-c3n[nH]c4ccc(-c5cncc(OCCN6CCCC6)c5)nc34)[nH]c12. The van der Waals surface area contributed by atoms with E-state index in [0.717, 1.165) is 36.4 Å². The fourth-order valence-electron chi connectivity index (χ4n) is 5.09. The molecule has 1 aliphatic rings. The van der Waals surface area contributed by atoms with Gasteiger partial charge in [-0.15, -0.1) is 0 Å². The monoisotopic (exact) mass is 520 g/mol. The highest BCUT2D eigenvalue weighted by Gasteiger charge is 2.18. The fraction of sp³-hybridized carbons (Fsp3) is 0.207. The van der Waals surface area contributed by atoms with Gasteiger partial charge in [0.05, 0.1) is 22.9 Å². The van der Waals surface area contributed by atoms with Crippen LogP contribution in [0.4, 0.5) is 4.39 Å². The maximum atomic E-state index is 14.6. The van der Waals surface area contributed by atoms with E-state index >= 15 is 0 Å². The first-order valence-corrected chi connectivity index (χ1v) is 13.0. The van der Waals surface area contributed by atoms with Crippen molar-refractivity contribution in [2.75, 3.05) is 26.2 Å². The lowest BCUT2D eigenvalue weighted by Gasteiger charge is -2.15. The smallest absolute Gasteiger partial charge is 0.178 e. The lowest BCUT2D eigenvalue weighted by atomic mass is 10.1. The predicted molar refractivity (Wildman–Crippen MR) is 147 cm³/mol. The van der Waals surface area contributed by atoms with Crippen molar-refractivity contribution in [3.05, 3.63) is 72.9 Å². The average molecular weight is 521 g/mol. The van der Waals surface area contributed by atoms with Gasteiger partial charge in [-0.2, -0.15) is 5.10 Å². The van der Waals surface area contributed by atoms with Crippen molar-refractivity contribution in [1.29, 1.82) is 0 Å². The first-order valence-electron chi connectivity index (χ1n) is 13.0. The lowest BCUT2D eigenvalue weighted by Crippen LogP contribution is -2.25. The highest BCUT2D eigenvalue weighted by molar-refractivity contribution is 5.95. The van der Waals surface area contributed by atoms with Crippen molar-refractivity contribution >= 4 is 22.2 Å².